The fourth-order valence-electron chi connectivity index (χ4n) is 1.30. The van der Waals surface area contributed by atoms with Crippen LogP contribution in [0, 0.1) is 0 Å². The van der Waals surface area contributed by atoms with Crippen LogP contribution in [0.1, 0.15) is 25.8 Å². The van der Waals surface area contributed by atoms with E-state index >= 15 is 0 Å². The van der Waals surface area contributed by atoms with Crippen molar-refractivity contribution in [2.75, 3.05) is 7.11 Å². The van der Waals surface area contributed by atoms with Gasteiger partial charge in [-0.2, -0.15) is 0 Å². The summed E-state index contributed by atoms with van der Waals surface area (Å²) in [6.07, 6.45) is 1.06. The van der Waals surface area contributed by atoms with Crippen LogP contribution in [0.4, 0.5) is 0 Å². The lowest BCUT2D eigenvalue weighted by Gasteiger charge is -2.15. The Hall–Kier alpha value is -1.29. The Labute approximate surface area is 109 Å². The SMILES string of the molecule is CC[C@H](C)NC(=S)NCc1ccc(OC)cc1. The number of methoxy groups -OCH3 is 1. The molecule has 1 atom stereocenters. The van der Waals surface area contributed by atoms with Crippen molar-refractivity contribution < 1.29 is 4.74 Å². The molecule has 0 fully saturated rings. The van der Waals surface area contributed by atoms with E-state index < -0.39 is 0 Å². The standard InChI is InChI=1S/C13H20N2OS/c1-4-10(2)15-13(17)14-9-11-5-7-12(16-3)8-6-11/h5-8,10H,4,9H2,1-3H3,(H2,14,15,17)/t10-/m0/s1. The first-order valence-electron chi connectivity index (χ1n) is 5.83. The highest BCUT2D eigenvalue weighted by Gasteiger charge is 2.01. The summed E-state index contributed by atoms with van der Waals surface area (Å²) < 4.78 is 5.10. The number of nitrogens with one attached hydrogen (secondary N) is 2. The molecule has 0 heterocycles. The van der Waals surface area contributed by atoms with Gasteiger partial charge in [-0.1, -0.05) is 19.1 Å². The van der Waals surface area contributed by atoms with Crippen LogP contribution in [0.2, 0.25) is 0 Å². The first-order valence-corrected chi connectivity index (χ1v) is 6.23. The molecule has 0 spiro atoms. The molecule has 0 amide bonds. The Morgan fingerprint density at radius 3 is 2.53 bits per heavy atom. The fraction of sp³-hybridized carbons (Fsp3) is 0.462. The summed E-state index contributed by atoms with van der Waals surface area (Å²) in [5.74, 6) is 0.869. The normalized spacial score (nSPS) is 11.7. The zero-order valence-electron chi connectivity index (χ0n) is 10.6. The Bertz CT molecular complexity index is 351. The van der Waals surface area contributed by atoms with Gasteiger partial charge in [0, 0.05) is 12.6 Å². The van der Waals surface area contributed by atoms with Crippen LogP contribution in [0.25, 0.3) is 0 Å². The molecule has 3 nitrogen and oxygen atoms in total. The lowest BCUT2D eigenvalue weighted by atomic mass is 10.2. The van der Waals surface area contributed by atoms with Gasteiger partial charge in [0.15, 0.2) is 5.11 Å². The van der Waals surface area contributed by atoms with E-state index in [0.29, 0.717) is 11.2 Å². The molecular formula is C13H20N2OS. The van der Waals surface area contributed by atoms with E-state index in [1.54, 1.807) is 7.11 Å². The molecular weight excluding hydrogens is 232 g/mol. The lowest BCUT2D eigenvalue weighted by molar-refractivity contribution is 0.414. The van der Waals surface area contributed by atoms with Crippen molar-refractivity contribution in [1.82, 2.24) is 10.6 Å². The lowest BCUT2D eigenvalue weighted by Crippen LogP contribution is -2.39. The van der Waals surface area contributed by atoms with Gasteiger partial charge in [0.25, 0.3) is 0 Å². The van der Waals surface area contributed by atoms with Crippen LogP contribution in [0.5, 0.6) is 5.75 Å². The highest BCUT2D eigenvalue weighted by atomic mass is 32.1. The van der Waals surface area contributed by atoms with Gasteiger partial charge in [-0.15, -0.1) is 0 Å². The number of thiocarbonyl (C=S) groups is 1. The molecule has 0 aliphatic carbocycles. The second-order valence-corrected chi connectivity index (χ2v) is 4.39. The smallest absolute Gasteiger partial charge is 0.166 e. The molecule has 1 aromatic carbocycles. The average molecular weight is 252 g/mol. The third kappa shape index (κ3) is 5.04. The van der Waals surface area contributed by atoms with E-state index in [4.69, 9.17) is 17.0 Å². The molecule has 0 aromatic heterocycles. The van der Waals surface area contributed by atoms with Crippen LogP contribution in [0.3, 0.4) is 0 Å². The quantitative estimate of drug-likeness (QED) is 0.789. The molecule has 17 heavy (non-hydrogen) atoms. The van der Waals surface area contributed by atoms with Crippen molar-refractivity contribution in [2.24, 2.45) is 0 Å². The van der Waals surface area contributed by atoms with E-state index in [1.165, 1.54) is 5.56 Å². The van der Waals surface area contributed by atoms with E-state index in [2.05, 4.69) is 24.5 Å². The van der Waals surface area contributed by atoms with Gasteiger partial charge in [-0.25, -0.2) is 0 Å². The maximum atomic E-state index is 5.20. The van der Waals surface area contributed by atoms with E-state index in [-0.39, 0.29) is 0 Å². The molecule has 1 aromatic rings. The van der Waals surface area contributed by atoms with E-state index in [0.717, 1.165) is 18.7 Å². The Kier molecular flexibility index (Phi) is 5.77. The van der Waals surface area contributed by atoms with Crippen LogP contribution in [-0.2, 0) is 6.54 Å². The zero-order valence-corrected chi connectivity index (χ0v) is 11.4. The van der Waals surface area contributed by atoms with Crippen molar-refractivity contribution in [3.05, 3.63) is 29.8 Å². The average Bonchev–Trinajstić information content (AvgIpc) is 2.36. The first kappa shape index (κ1) is 13.8. The maximum Gasteiger partial charge on any atom is 0.166 e. The molecule has 94 valence electrons. The number of hydrogen-bond acceptors (Lipinski definition) is 2. The van der Waals surface area contributed by atoms with Crippen molar-refractivity contribution in [3.63, 3.8) is 0 Å². The van der Waals surface area contributed by atoms with Gasteiger partial charge < -0.3 is 15.4 Å². The highest BCUT2D eigenvalue weighted by Crippen LogP contribution is 2.10. The molecule has 4 heteroatoms. The van der Waals surface area contributed by atoms with Crippen LogP contribution >= 0.6 is 12.2 Å². The van der Waals surface area contributed by atoms with Gasteiger partial charge in [-0.3, -0.25) is 0 Å². The van der Waals surface area contributed by atoms with Crippen molar-refractivity contribution >= 4 is 17.3 Å². The molecule has 0 saturated heterocycles. The summed E-state index contributed by atoms with van der Waals surface area (Å²) in [5, 5.41) is 7.10. The van der Waals surface area contributed by atoms with E-state index in [9.17, 15) is 0 Å². The fourth-order valence-corrected chi connectivity index (χ4v) is 1.58. The van der Waals surface area contributed by atoms with Crippen LogP contribution in [-0.4, -0.2) is 18.3 Å². The Morgan fingerprint density at radius 2 is 2.00 bits per heavy atom. The predicted octanol–water partition coefficient (Wildman–Crippen LogP) is 2.46. The highest BCUT2D eigenvalue weighted by molar-refractivity contribution is 7.80. The van der Waals surface area contributed by atoms with Gasteiger partial charge in [-0.05, 0) is 43.3 Å². The van der Waals surface area contributed by atoms with Gasteiger partial charge in [0.05, 0.1) is 7.11 Å². The molecule has 0 aliphatic rings. The summed E-state index contributed by atoms with van der Waals surface area (Å²) in [5.41, 5.74) is 1.18. The van der Waals surface area contributed by atoms with Crippen LogP contribution < -0.4 is 15.4 Å². The largest absolute Gasteiger partial charge is 0.497 e. The number of rotatable bonds is 5. The van der Waals surface area contributed by atoms with Crippen molar-refractivity contribution in [3.8, 4) is 5.75 Å². The molecule has 0 saturated carbocycles. The maximum absolute atomic E-state index is 5.20. The second kappa shape index (κ2) is 7.12. The molecule has 0 unspecified atom stereocenters. The Balaban J connectivity index is 2.36. The number of benzene rings is 1. The minimum absolute atomic E-state index is 0.408. The first-order chi connectivity index (χ1) is 8.15. The summed E-state index contributed by atoms with van der Waals surface area (Å²) in [7, 11) is 1.67. The molecule has 0 radical (unpaired) electrons. The number of hydrogen-bond donors (Lipinski definition) is 2. The Morgan fingerprint density at radius 1 is 1.35 bits per heavy atom. The monoisotopic (exact) mass is 252 g/mol. The van der Waals surface area contributed by atoms with Crippen molar-refractivity contribution in [1.29, 1.82) is 0 Å². The summed E-state index contributed by atoms with van der Waals surface area (Å²) in [4.78, 5) is 0. The third-order valence-electron chi connectivity index (χ3n) is 2.60. The second-order valence-electron chi connectivity index (χ2n) is 3.98. The van der Waals surface area contributed by atoms with Gasteiger partial charge in [0.1, 0.15) is 5.75 Å². The summed E-state index contributed by atoms with van der Waals surface area (Å²) >= 11 is 5.20. The summed E-state index contributed by atoms with van der Waals surface area (Å²) in [6, 6.07) is 8.35. The molecule has 1 rings (SSSR count). The van der Waals surface area contributed by atoms with Crippen LogP contribution in [0.15, 0.2) is 24.3 Å². The zero-order chi connectivity index (χ0) is 12.7. The molecule has 0 bridgehead atoms. The van der Waals surface area contributed by atoms with E-state index in [1.807, 2.05) is 24.3 Å². The minimum Gasteiger partial charge on any atom is -0.497 e. The third-order valence-corrected chi connectivity index (χ3v) is 2.86. The predicted molar refractivity (Wildman–Crippen MR) is 75.3 cm³/mol. The topological polar surface area (TPSA) is 33.3 Å². The van der Waals surface area contributed by atoms with Crippen molar-refractivity contribution in [2.45, 2.75) is 32.9 Å². The minimum atomic E-state index is 0.408. The number of ether oxygens (including phenoxy) is 1. The van der Waals surface area contributed by atoms with Gasteiger partial charge >= 0.3 is 0 Å². The molecule has 2 N–H and O–H groups in total. The summed E-state index contributed by atoms with van der Waals surface area (Å²) in [6.45, 7) is 4.97. The van der Waals surface area contributed by atoms with Gasteiger partial charge in [0.2, 0.25) is 0 Å². The molecule has 0 aliphatic heterocycles.